The molecule has 2 atom stereocenters. The molecule has 2 unspecified atom stereocenters. The third-order valence-corrected chi connectivity index (χ3v) is 8.21. The smallest absolute Gasteiger partial charge is 0.324 e. The second kappa shape index (κ2) is 8.29. The number of non-ortho nitro benzene ring substituents is 1. The van der Waals surface area contributed by atoms with Crippen LogP contribution >= 0.6 is 11.6 Å². The molecule has 2 N–H and O–H groups in total. The van der Waals surface area contributed by atoms with Crippen molar-refractivity contribution in [1.82, 2.24) is 0 Å². The van der Waals surface area contributed by atoms with Crippen molar-refractivity contribution < 1.29 is 27.7 Å². The molecule has 2 aliphatic rings. The fraction of sp³-hybridized carbons (Fsp3) is 0.375. The highest BCUT2D eigenvalue weighted by atomic mass is 35.5. The topological polar surface area (TPSA) is 114 Å². The lowest BCUT2D eigenvalue weighted by Crippen LogP contribution is -2.47. The van der Waals surface area contributed by atoms with Crippen LogP contribution in [-0.4, -0.2) is 22.3 Å². The van der Waals surface area contributed by atoms with Crippen molar-refractivity contribution in [3.63, 3.8) is 0 Å². The Hall–Kier alpha value is -3.47. The number of carbonyl (C=O) groups is 2. The van der Waals surface area contributed by atoms with Gasteiger partial charge in [-0.1, -0.05) is 32.4 Å². The fourth-order valence-corrected chi connectivity index (χ4v) is 5.44. The minimum Gasteiger partial charge on any atom is -0.324 e. The number of hydrogen-bond acceptors (Lipinski definition) is 6. The van der Waals surface area contributed by atoms with Gasteiger partial charge in [0.05, 0.1) is 26.9 Å². The average molecular weight is 523 g/mol. The largest absolute Gasteiger partial charge is 0.416 e. The Morgan fingerprint density at radius 1 is 1.11 bits per heavy atom. The number of rotatable bonds is 5. The number of alkyl halides is 3. The van der Waals surface area contributed by atoms with Crippen LogP contribution in [0.2, 0.25) is 5.02 Å². The molecular formula is C24H22ClF3N4O4. The molecule has 0 radical (unpaired) electrons. The first kappa shape index (κ1) is 25.6. The maximum atomic E-state index is 13.7. The number of anilines is 2. The maximum absolute atomic E-state index is 13.7. The summed E-state index contributed by atoms with van der Waals surface area (Å²) >= 11 is 6.06. The highest BCUT2D eigenvalue weighted by molar-refractivity contribution is 6.51. The normalized spacial score (nSPS) is 25.8. The molecule has 2 aromatic rings. The molecule has 0 aromatic heterocycles. The van der Waals surface area contributed by atoms with Gasteiger partial charge in [0.25, 0.3) is 5.69 Å². The number of hydrazone groups is 1. The van der Waals surface area contributed by atoms with Crippen molar-refractivity contribution in [2.75, 3.05) is 10.7 Å². The van der Waals surface area contributed by atoms with Gasteiger partial charge in [-0.05, 0) is 48.6 Å². The quantitative estimate of drug-likeness (QED) is 0.281. The number of hydrogen-bond donors (Lipinski definition) is 2. The summed E-state index contributed by atoms with van der Waals surface area (Å²) in [5.74, 6) is -1.28. The molecule has 8 nitrogen and oxygen atoms in total. The van der Waals surface area contributed by atoms with E-state index < -0.39 is 44.6 Å². The molecule has 0 aliphatic heterocycles. The van der Waals surface area contributed by atoms with E-state index >= 15 is 0 Å². The van der Waals surface area contributed by atoms with Crippen molar-refractivity contribution in [1.29, 1.82) is 0 Å². The Labute approximate surface area is 209 Å². The van der Waals surface area contributed by atoms with Gasteiger partial charge in [-0.15, -0.1) is 0 Å². The molecule has 0 saturated heterocycles. The van der Waals surface area contributed by atoms with Crippen molar-refractivity contribution in [3.05, 3.63) is 63.2 Å². The molecule has 0 heterocycles. The number of carbonyl (C=O) groups excluding carboxylic acids is 2. The molecule has 1 amide bonds. The van der Waals surface area contributed by atoms with Crippen LogP contribution in [0.4, 0.5) is 30.2 Å². The summed E-state index contributed by atoms with van der Waals surface area (Å²) in [7, 11) is 0. The molecule has 4 rings (SSSR count). The van der Waals surface area contributed by atoms with E-state index in [0.717, 1.165) is 18.2 Å². The zero-order valence-electron chi connectivity index (χ0n) is 19.5. The molecule has 2 bridgehead atoms. The van der Waals surface area contributed by atoms with Gasteiger partial charge in [0.2, 0.25) is 5.91 Å². The highest BCUT2D eigenvalue weighted by Crippen LogP contribution is 2.69. The number of nitrogens with one attached hydrogen (secondary N) is 2. The second-order valence-corrected chi connectivity index (χ2v) is 10.1. The number of fused-ring (bicyclic) bond motifs is 2. The van der Waals surface area contributed by atoms with Crippen LogP contribution in [0.25, 0.3) is 0 Å². The molecule has 2 aromatic carbocycles. The highest BCUT2D eigenvalue weighted by Gasteiger charge is 2.76. The zero-order chi connectivity index (χ0) is 26.7. The first-order valence-electron chi connectivity index (χ1n) is 11.0. The van der Waals surface area contributed by atoms with Crippen molar-refractivity contribution in [2.24, 2.45) is 21.3 Å². The van der Waals surface area contributed by atoms with Gasteiger partial charge in [0.1, 0.15) is 11.1 Å². The standard InChI is InChI=1S/C24H22ClF3N4O4/c1-21(2)22(3)10-11-23(21,20(34)29-17-12-13(24(26,27)28)4-9-16(17)25)19(33)18(22)31-30-14-5-7-15(8-6-14)32(35)36/h4-9,12,30H,10-11H2,1-3H3,(H,29,34)/b31-18+. The van der Waals surface area contributed by atoms with Gasteiger partial charge in [0, 0.05) is 17.5 Å². The molecule has 12 heteroatoms. The molecular weight excluding hydrogens is 501 g/mol. The van der Waals surface area contributed by atoms with Gasteiger partial charge >= 0.3 is 6.18 Å². The Kier molecular flexibility index (Phi) is 5.90. The summed E-state index contributed by atoms with van der Waals surface area (Å²) in [4.78, 5) is 37.6. The van der Waals surface area contributed by atoms with Gasteiger partial charge in [-0.3, -0.25) is 25.1 Å². The minimum absolute atomic E-state index is 0.0921. The molecule has 2 saturated carbocycles. The number of nitro groups is 1. The predicted octanol–water partition coefficient (Wildman–Crippen LogP) is 6.07. The number of Topliss-reactive ketones (excluding diaryl/α,β-unsaturated/α-hetero) is 1. The van der Waals surface area contributed by atoms with Crippen LogP contribution in [0, 0.1) is 26.4 Å². The lowest BCUT2D eigenvalue weighted by molar-refractivity contribution is -0.384. The molecule has 36 heavy (non-hydrogen) atoms. The lowest BCUT2D eigenvalue weighted by Gasteiger charge is -2.37. The van der Waals surface area contributed by atoms with E-state index in [0.29, 0.717) is 12.1 Å². The van der Waals surface area contributed by atoms with E-state index in [1.165, 1.54) is 24.3 Å². The fourth-order valence-electron chi connectivity index (χ4n) is 5.28. The first-order valence-corrected chi connectivity index (χ1v) is 11.3. The van der Waals surface area contributed by atoms with Crippen LogP contribution in [-0.2, 0) is 15.8 Å². The summed E-state index contributed by atoms with van der Waals surface area (Å²) in [6, 6.07) is 8.02. The van der Waals surface area contributed by atoms with Crippen LogP contribution in [0.3, 0.4) is 0 Å². The van der Waals surface area contributed by atoms with E-state index in [-0.39, 0.29) is 28.5 Å². The number of amides is 1. The predicted molar refractivity (Wildman–Crippen MR) is 128 cm³/mol. The molecule has 190 valence electrons. The second-order valence-electron chi connectivity index (χ2n) is 9.71. The zero-order valence-corrected chi connectivity index (χ0v) is 20.3. The number of nitrogens with zero attached hydrogens (tertiary/aromatic N) is 2. The average Bonchev–Trinajstić information content (AvgIpc) is 3.08. The Morgan fingerprint density at radius 2 is 1.75 bits per heavy atom. The lowest BCUT2D eigenvalue weighted by atomic mass is 9.64. The summed E-state index contributed by atoms with van der Waals surface area (Å²) in [5.41, 5.74) is -1.38. The van der Waals surface area contributed by atoms with E-state index in [1.54, 1.807) is 13.8 Å². The van der Waals surface area contributed by atoms with Gasteiger partial charge in [-0.2, -0.15) is 18.3 Å². The Morgan fingerprint density at radius 3 is 2.33 bits per heavy atom. The van der Waals surface area contributed by atoms with E-state index in [9.17, 15) is 32.9 Å². The first-order chi connectivity index (χ1) is 16.6. The third kappa shape index (κ3) is 3.64. The van der Waals surface area contributed by atoms with E-state index in [4.69, 9.17) is 11.6 Å². The van der Waals surface area contributed by atoms with Crippen LogP contribution in [0.1, 0.15) is 39.2 Å². The summed E-state index contributed by atoms with van der Waals surface area (Å²) in [5, 5.41) is 17.5. The minimum atomic E-state index is -4.64. The van der Waals surface area contributed by atoms with Crippen LogP contribution < -0.4 is 10.7 Å². The van der Waals surface area contributed by atoms with Gasteiger partial charge < -0.3 is 5.32 Å². The molecule has 2 fully saturated rings. The third-order valence-electron chi connectivity index (χ3n) is 7.88. The van der Waals surface area contributed by atoms with Crippen molar-refractivity contribution in [2.45, 2.75) is 39.8 Å². The molecule has 0 spiro atoms. The number of ketones is 1. The number of halogens is 4. The van der Waals surface area contributed by atoms with Gasteiger partial charge in [0.15, 0.2) is 5.78 Å². The van der Waals surface area contributed by atoms with Crippen molar-refractivity contribution in [3.8, 4) is 0 Å². The Bertz CT molecular complexity index is 1310. The molecule has 2 aliphatic carbocycles. The number of benzene rings is 2. The summed E-state index contributed by atoms with van der Waals surface area (Å²) < 4.78 is 39.6. The number of nitro benzene ring substituents is 1. The van der Waals surface area contributed by atoms with E-state index in [2.05, 4.69) is 15.8 Å². The van der Waals surface area contributed by atoms with Crippen molar-refractivity contribution >= 4 is 46.1 Å². The maximum Gasteiger partial charge on any atom is 0.416 e. The summed E-state index contributed by atoms with van der Waals surface area (Å²) in [6.45, 7) is 5.35. The van der Waals surface area contributed by atoms with Gasteiger partial charge in [-0.25, -0.2) is 0 Å². The van der Waals surface area contributed by atoms with E-state index in [1.807, 2.05) is 6.92 Å². The summed E-state index contributed by atoms with van der Waals surface area (Å²) in [6.07, 6.45) is -4.01. The monoisotopic (exact) mass is 522 g/mol. The Balaban J connectivity index is 1.67. The van der Waals surface area contributed by atoms with Crippen LogP contribution in [0.5, 0.6) is 0 Å². The van der Waals surface area contributed by atoms with Crippen LogP contribution in [0.15, 0.2) is 47.6 Å². The SMILES string of the molecule is CC12CCC(C(=O)Nc3cc(C(F)(F)F)ccc3Cl)(C(=O)/C1=N\Nc1ccc([N+](=O)[O-])cc1)C2(C)C.